The van der Waals surface area contributed by atoms with Crippen LogP contribution >= 0.6 is 0 Å². The number of carbonyl (C=O) groups excluding carboxylic acids is 1. The topological polar surface area (TPSA) is 89.7 Å². The van der Waals surface area contributed by atoms with Crippen molar-refractivity contribution in [3.63, 3.8) is 0 Å². The molecule has 0 unspecified atom stereocenters. The van der Waals surface area contributed by atoms with Crippen LogP contribution in [0.1, 0.15) is 15.9 Å². The first-order valence-corrected chi connectivity index (χ1v) is 4.03. The van der Waals surface area contributed by atoms with Gasteiger partial charge >= 0.3 is 5.69 Å². The summed E-state index contributed by atoms with van der Waals surface area (Å²) in [5, 5.41) is 20.2. The van der Waals surface area contributed by atoms with Crippen LogP contribution in [0.15, 0.2) is 6.07 Å². The number of benzene rings is 1. The molecule has 0 fully saturated rings. The number of rotatable bonds is 3. The van der Waals surface area contributed by atoms with Gasteiger partial charge in [0.2, 0.25) is 5.75 Å². The highest BCUT2D eigenvalue weighted by atomic mass is 16.6. The summed E-state index contributed by atoms with van der Waals surface area (Å²) in [6.45, 7) is 1.52. The summed E-state index contributed by atoms with van der Waals surface area (Å²) in [5.74, 6) is -0.614. The molecule has 6 nitrogen and oxygen atoms in total. The minimum Gasteiger partial charge on any atom is -0.504 e. The van der Waals surface area contributed by atoms with Gasteiger partial charge in [-0.2, -0.15) is 0 Å². The lowest BCUT2D eigenvalue weighted by Gasteiger charge is -2.07. The Morgan fingerprint density at radius 2 is 2.20 bits per heavy atom. The Hall–Kier alpha value is -2.11. The molecule has 0 aliphatic carbocycles. The molecule has 80 valence electrons. The lowest BCUT2D eigenvalue weighted by molar-refractivity contribution is -0.386. The zero-order valence-electron chi connectivity index (χ0n) is 8.18. The molecule has 0 radical (unpaired) electrons. The van der Waals surface area contributed by atoms with Crippen LogP contribution in [-0.2, 0) is 0 Å². The van der Waals surface area contributed by atoms with E-state index in [0.29, 0.717) is 11.8 Å². The molecule has 0 aliphatic heterocycles. The van der Waals surface area contributed by atoms with Crippen LogP contribution in [0.4, 0.5) is 5.69 Å². The number of aromatic hydroxyl groups is 1. The Balaban J connectivity index is 3.64. The van der Waals surface area contributed by atoms with Crippen molar-refractivity contribution >= 4 is 12.0 Å². The van der Waals surface area contributed by atoms with E-state index >= 15 is 0 Å². The van der Waals surface area contributed by atoms with Crippen LogP contribution in [0.5, 0.6) is 11.5 Å². The van der Waals surface area contributed by atoms with Crippen LogP contribution in [0, 0.1) is 17.0 Å². The van der Waals surface area contributed by atoms with Crippen molar-refractivity contribution in [2.45, 2.75) is 6.92 Å². The summed E-state index contributed by atoms with van der Waals surface area (Å²) in [6.07, 6.45) is 0.354. The Bertz CT molecular complexity index is 427. The Morgan fingerprint density at radius 3 is 2.60 bits per heavy atom. The Labute approximate surface area is 85.2 Å². The molecule has 0 heterocycles. The van der Waals surface area contributed by atoms with E-state index in [1.165, 1.54) is 20.1 Å². The third kappa shape index (κ3) is 1.74. The molecule has 0 bridgehead atoms. The zero-order chi connectivity index (χ0) is 11.6. The molecule has 0 aromatic heterocycles. The fraction of sp³-hybridized carbons (Fsp3) is 0.222. The fourth-order valence-electron chi connectivity index (χ4n) is 1.26. The van der Waals surface area contributed by atoms with Gasteiger partial charge in [0.15, 0.2) is 12.0 Å². The molecule has 0 atom stereocenters. The molecular formula is C9H9NO5. The Morgan fingerprint density at radius 1 is 1.60 bits per heavy atom. The molecule has 6 heteroatoms. The van der Waals surface area contributed by atoms with E-state index in [1.807, 2.05) is 0 Å². The van der Waals surface area contributed by atoms with Crippen LogP contribution in [-0.4, -0.2) is 23.4 Å². The normalized spacial score (nSPS) is 9.73. The average Bonchev–Trinajstić information content (AvgIpc) is 2.20. The van der Waals surface area contributed by atoms with Crippen molar-refractivity contribution in [1.82, 2.24) is 0 Å². The van der Waals surface area contributed by atoms with Crippen LogP contribution < -0.4 is 4.74 Å². The molecule has 1 aromatic carbocycles. The number of phenols is 1. The second-order valence-electron chi connectivity index (χ2n) is 2.89. The van der Waals surface area contributed by atoms with Crippen molar-refractivity contribution in [3.8, 4) is 11.5 Å². The van der Waals surface area contributed by atoms with Gasteiger partial charge in [0, 0.05) is 0 Å². The highest BCUT2D eigenvalue weighted by Crippen LogP contribution is 2.40. The molecule has 15 heavy (non-hydrogen) atoms. The minimum atomic E-state index is -0.762. The van der Waals surface area contributed by atoms with Gasteiger partial charge in [0.25, 0.3) is 0 Å². The maximum Gasteiger partial charge on any atom is 0.325 e. The zero-order valence-corrected chi connectivity index (χ0v) is 8.18. The number of methoxy groups -OCH3 is 1. The van der Waals surface area contributed by atoms with Crippen LogP contribution in [0.25, 0.3) is 0 Å². The number of phenolic OH excluding ortho intramolecular Hbond substituents is 1. The molecule has 0 spiro atoms. The first kappa shape index (κ1) is 11.0. The lowest BCUT2D eigenvalue weighted by Crippen LogP contribution is -2.00. The summed E-state index contributed by atoms with van der Waals surface area (Å²) in [4.78, 5) is 20.5. The minimum absolute atomic E-state index is 0.118. The van der Waals surface area contributed by atoms with Crippen LogP contribution in [0.3, 0.4) is 0 Å². The number of nitro groups is 1. The highest BCUT2D eigenvalue weighted by Gasteiger charge is 2.25. The van der Waals surface area contributed by atoms with Crippen molar-refractivity contribution in [3.05, 3.63) is 27.3 Å². The van der Waals surface area contributed by atoms with E-state index in [1.54, 1.807) is 0 Å². The molecule has 0 saturated carbocycles. The summed E-state index contributed by atoms with van der Waals surface area (Å²) in [7, 11) is 1.19. The number of hydrogen-bond donors (Lipinski definition) is 1. The highest BCUT2D eigenvalue weighted by molar-refractivity contribution is 5.85. The number of nitro benzene ring substituents is 1. The van der Waals surface area contributed by atoms with E-state index in [2.05, 4.69) is 0 Å². The first-order chi connectivity index (χ1) is 7.02. The Kier molecular flexibility index (Phi) is 2.89. The summed E-state index contributed by atoms with van der Waals surface area (Å²) in [6, 6.07) is 1.24. The van der Waals surface area contributed by atoms with E-state index in [-0.39, 0.29) is 17.1 Å². The molecule has 0 aliphatic rings. The number of aryl methyl sites for hydroxylation is 1. The largest absolute Gasteiger partial charge is 0.504 e. The van der Waals surface area contributed by atoms with Gasteiger partial charge < -0.3 is 9.84 Å². The summed E-state index contributed by atoms with van der Waals surface area (Å²) < 4.78 is 4.71. The number of hydrogen-bond acceptors (Lipinski definition) is 5. The summed E-state index contributed by atoms with van der Waals surface area (Å²) >= 11 is 0. The number of ether oxygens (including phenoxy) is 1. The first-order valence-electron chi connectivity index (χ1n) is 4.03. The van der Waals surface area contributed by atoms with Gasteiger partial charge in [0.1, 0.15) is 0 Å². The maximum absolute atomic E-state index is 10.7. The second-order valence-corrected chi connectivity index (χ2v) is 2.89. The average molecular weight is 211 g/mol. The lowest BCUT2D eigenvalue weighted by atomic mass is 10.1. The van der Waals surface area contributed by atoms with E-state index in [0.717, 1.165) is 0 Å². The van der Waals surface area contributed by atoms with Crippen molar-refractivity contribution in [1.29, 1.82) is 0 Å². The maximum atomic E-state index is 10.7. The predicted octanol–water partition coefficient (Wildman–Crippen LogP) is 1.43. The molecule has 1 rings (SSSR count). The number of nitrogens with zero attached hydrogens (tertiary/aromatic N) is 1. The smallest absolute Gasteiger partial charge is 0.325 e. The van der Waals surface area contributed by atoms with Gasteiger partial charge in [-0.05, 0) is 18.6 Å². The summed E-state index contributed by atoms with van der Waals surface area (Å²) in [5.41, 5.74) is -0.290. The fourth-order valence-corrected chi connectivity index (χ4v) is 1.26. The SMILES string of the molecule is COc1c(O)c(C)cc(C=O)c1[N+](=O)[O-]. The third-order valence-electron chi connectivity index (χ3n) is 1.96. The molecule has 1 N–H and O–H groups in total. The standard InChI is InChI=1S/C9H9NO5/c1-5-3-6(4-11)7(10(13)14)9(15-2)8(5)12/h3-4,12H,1-2H3. The van der Waals surface area contributed by atoms with Gasteiger partial charge in [-0.25, -0.2) is 0 Å². The number of aldehydes is 1. The van der Waals surface area contributed by atoms with Gasteiger partial charge in [0.05, 0.1) is 17.6 Å². The second kappa shape index (κ2) is 3.95. The van der Waals surface area contributed by atoms with E-state index in [9.17, 15) is 20.0 Å². The van der Waals surface area contributed by atoms with Gasteiger partial charge in [-0.1, -0.05) is 0 Å². The molecule has 0 amide bonds. The van der Waals surface area contributed by atoms with E-state index < -0.39 is 10.6 Å². The predicted molar refractivity (Wildman–Crippen MR) is 51.4 cm³/mol. The van der Waals surface area contributed by atoms with Crippen LogP contribution in [0.2, 0.25) is 0 Å². The molecule has 0 saturated heterocycles. The quantitative estimate of drug-likeness (QED) is 0.464. The monoisotopic (exact) mass is 211 g/mol. The molecular weight excluding hydrogens is 202 g/mol. The molecule has 1 aromatic rings. The van der Waals surface area contributed by atoms with Crippen molar-refractivity contribution in [2.75, 3.05) is 7.11 Å². The van der Waals surface area contributed by atoms with Gasteiger partial charge in [-0.3, -0.25) is 14.9 Å². The van der Waals surface area contributed by atoms with Crippen molar-refractivity contribution in [2.24, 2.45) is 0 Å². The number of carbonyl (C=O) groups is 1. The van der Waals surface area contributed by atoms with Crippen molar-refractivity contribution < 1.29 is 19.6 Å². The van der Waals surface area contributed by atoms with Gasteiger partial charge in [-0.15, -0.1) is 0 Å². The van der Waals surface area contributed by atoms with E-state index in [4.69, 9.17) is 4.74 Å². The third-order valence-corrected chi connectivity index (χ3v) is 1.96.